The highest BCUT2D eigenvalue weighted by Gasteiger charge is 1.97. The molecule has 0 atom stereocenters. The average molecular weight is 177 g/mol. The molecule has 0 saturated heterocycles. The van der Waals surface area contributed by atoms with Gasteiger partial charge in [-0.15, -0.1) is 0 Å². The fourth-order valence-electron chi connectivity index (χ4n) is 0.998. The number of hydrogen-bond donors (Lipinski definition) is 1. The molecular formula is C9H10BO3. The highest BCUT2D eigenvalue weighted by molar-refractivity contribution is 6.48. The second-order valence-corrected chi connectivity index (χ2v) is 2.57. The fraction of sp³-hybridized carbons (Fsp3) is 0.222. The van der Waals surface area contributed by atoms with E-state index in [-0.39, 0.29) is 6.61 Å². The zero-order chi connectivity index (χ0) is 9.52. The first kappa shape index (κ1) is 9.80. The molecule has 1 N–H and O–H groups in total. The van der Waals surface area contributed by atoms with Crippen molar-refractivity contribution < 1.29 is 14.6 Å². The molecule has 0 heterocycles. The Morgan fingerprint density at radius 3 is 2.62 bits per heavy atom. The normalized spacial score (nSPS) is 9.31. The monoisotopic (exact) mass is 177 g/mol. The Balaban J connectivity index is 2.53. The van der Waals surface area contributed by atoms with Crippen molar-refractivity contribution in [2.75, 3.05) is 6.61 Å². The first-order valence-corrected chi connectivity index (χ1v) is 3.99. The van der Waals surface area contributed by atoms with Crippen LogP contribution in [0, 0.1) is 0 Å². The number of rotatable bonds is 5. The number of hydrogen-bond acceptors (Lipinski definition) is 3. The molecule has 0 aliphatic carbocycles. The first-order chi connectivity index (χ1) is 6.36. The minimum Gasteiger partial charge on any atom is -0.535 e. The molecule has 13 heavy (non-hydrogen) atoms. The van der Waals surface area contributed by atoms with Crippen LogP contribution in [0.15, 0.2) is 24.3 Å². The van der Waals surface area contributed by atoms with Gasteiger partial charge in [0.2, 0.25) is 0 Å². The standard InChI is InChI=1S/C9H10BO3/c11-6-5-8-1-3-9(4-2-8)10-13-7-12/h1-4,7,11H,5-6H2. The summed E-state index contributed by atoms with van der Waals surface area (Å²) in [6.45, 7) is 0.523. The van der Waals surface area contributed by atoms with Gasteiger partial charge in [0.05, 0.1) is 0 Å². The van der Waals surface area contributed by atoms with Gasteiger partial charge in [-0.05, 0) is 17.4 Å². The summed E-state index contributed by atoms with van der Waals surface area (Å²) < 4.78 is 4.46. The number of carbonyl (C=O) groups excluding carboxylic acids is 1. The molecule has 1 aromatic carbocycles. The molecule has 0 amide bonds. The minimum atomic E-state index is 0.147. The molecule has 0 unspecified atom stereocenters. The van der Waals surface area contributed by atoms with E-state index in [0.717, 1.165) is 11.0 Å². The van der Waals surface area contributed by atoms with E-state index in [9.17, 15) is 4.79 Å². The summed E-state index contributed by atoms with van der Waals surface area (Å²) >= 11 is 0. The van der Waals surface area contributed by atoms with Crippen LogP contribution >= 0.6 is 0 Å². The van der Waals surface area contributed by atoms with E-state index in [0.29, 0.717) is 12.9 Å². The third kappa shape index (κ3) is 3.30. The molecule has 0 bridgehead atoms. The SMILES string of the molecule is O=CO[B]c1ccc(CCO)cc1. The summed E-state index contributed by atoms with van der Waals surface area (Å²) in [4.78, 5) is 9.86. The van der Waals surface area contributed by atoms with Gasteiger partial charge in [0.15, 0.2) is 0 Å². The van der Waals surface area contributed by atoms with Crippen molar-refractivity contribution in [3.05, 3.63) is 29.8 Å². The van der Waals surface area contributed by atoms with E-state index in [1.807, 2.05) is 24.3 Å². The van der Waals surface area contributed by atoms with Crippen LogP contribution in [0.3, 0.4) is 0 Å². The topological polar surface area (TPSA) is 46.5 Å². The molecule has 1 radical (unpaired) electrons. The Morgan fingerprint density at radius 1 is 1.38 bits per heavy atom. The summed E-state index contributed by atoms with van der Waals surface area (Å²) in [5.41, 5.74) is 1.89. The number of aliphatic hydroxyl groups is 1. The Bertz CT molecular complexity index is 258. The Hall–Kier alpha value is -1.29. The summed E-state index contributed by atoms with van der Waals surface area (Å²) in [6.07, 6.45) is 0.648. The minimum absolute atomic E-state index is 0.147. The molecule has 3 nitrogen and oxygen atoms in total. The van der Waals surface area contributed by atoms with Crippen LogP contribution in [-0.2, 0) is 15.9 Å². The van der Waals surface area contributed by atoms with Crippen LogP contribution < -0.4 is 5.46 Å². The molecule has 67 valence electrons. The van der Waals surface area contributed by atoms with Gasteiger partial charge < -0.3 is 9.76 Å². The highest BCUT2D eigenvalue weighted by atomic mass is 16.5. The van der Waals surface area contributed by atoms with Gasteiger partial charge in [-0.1, -0.05) is 24.3 Å². The Kier molecular flexibility index (Phi) is 4.05. The molecular weight excluding hydrogens is 167 g/mol. The maximum atomic E-state index is 9.86. The zero-order valence-electron chi connectivity index (χ0n) is 7.14. The molecule has 0 aliphatic rings. The van der Waals surface area contributed by atoms with E-state index >= 15 is 0 Å². The lowest BCUT2D eigenvalue weighted by Crippen LogP contribution is -2.16. The Labute approximate surface area is 77.6 Å². The van der Waals surface area contributed by atoms with Crippen molar-refractivity contribution in [3.63, 3.8) is 0 Å². The van der Waals surface area contributed by atoms with Crippen molar-refractivity contribution >= 4 is 19.4 Å². The Morgan fingerprint density at radius 2 is 2.08 bits per heavy atom. The summed E-state index contributed by atoms with van der Waals surface area (Å²) in [6, 6.07) is 7.43. The van der Waals surface area contributed by atoms with Crippen LogP contribution in [0.5, 0.6) is 0 Å². The van der Waals surface area contributed by atoms with Gasteiger partial charge in [-0.2, -0.15) is 0 Å². The molecule has 0 spiro atoms. The molecule has 0 fully saturated rings. The van der Waals surface area contributed by atoms with Gasteiger partial charge in [-0.25, -0.2) is 0 Å². The molecule has 1 aromatic rings. The molecule has 4 heteroatoms. The smallest absolute Gasteiger partial charge is 0.412 e. The maximum Gasteiger partial charge on any atom is 0.412 e. The van der Waals surface area contributed by atoms with Crippen LogP contribution in [0.1, 0.15) is 5.56 Å². The quantitative estimate of drug-likeness (QED) is 0.493. The van der Waals surface area contributed by atoms with Crippen molar-refractivity contribution in [1.82, 2.24) is 0 Å². The van der Waals surface area contributed by atoms with Crippen molar-refractivity contribution in [3.8, 4) is 0 Å². The van der Waals surface area contributed by atoms with Gasteiger partial charge in [0.1, 0.15) is 0 Å². The van der Waals surface area contributed by atoms with Crippen molar-refractivity contribution in [1.29, 1.82) is 0 Å². The lowest BCUT2D eigenvalue weighted by Gasteiger charge is -1.99. The van der Waals surface area contributed by atoms with E-state index in [1.54, 1.807) is 0 Å². The lowest BCUT2D eigenvalue weighted by molar-refractivity contribution is -0.120. The number of aliphatic hydroxyl groups excluding tert-OH is 1. The second kappa shape index (κ2) is 5.38. The van der Waals surface area contributed by atoms with E-state index in [2.05, 4.69) is 4.65 Å². The van der Waals surface area contributed by atoms with Crippen molar-refractivity contribution in [2.24, 2.45) is 0 Å². The third-order valence-corrected chi connectivity index (χ3v) is 1.64. The highest BCUT2D eigenvalue weighted by Crippen LogP contribution is 1.96. The number of carbonyl (C=O) groups is 1. The van der Waals surface area contributed by atoms with Gasteiger partial charge in [0, 0.05) is 6.61 Å². The molecule has 0 saturated carbocycles. The van der Waals surface area contributed by atoms with Crippen molar-refractivity contribution in [2.45, 2.75) is 6.42 Å². The number of benzene rings is 1. The summed E-state index contributed by atoms with van der Waals surface area (Å²) in [5.74, 6) is 0. The van der Waals surface area contributed by atoms with Gasteiger partial charge in [0.25, 0.3) is 6.47 Å². The van der Waals surface area contributed by atoms with Gasteiger partial charge >= 0.3 is 7.48 Å². The maximum absolute atomic E-state index is 9.86. The summed E-state index contributed by atoms with van der Waals surface area (Å²) in [7, 11) is 1.37. The van der Waals surface area contributed by atoms with E-state index < -0.39 is 0 Å². The van der Waals surface area contributed by atoms with Crippen LogP contribution in [0.25, 0.3) is 0 Å². The predicted octanol–water partition coefficient (Wildman–Crippen LogP) is -0.361. The van der Waals surface area contributed by atoms with Crippen LogP contribution in [0.4, 0.5) is 0 Å². The third-order valence-electron chi connectivity index (χ3n) is 1.64. The fourth-order valence-corrected chi connectivity index (χ4v) is 0.998. The predicted molar refractivity (Wildman–Crippen MR) is 49.8 cm³/mol. The first-order valence-electron chi connectivity index (χ1n) is 3.99. The molecule has 0 aliphatic heterocycles. The largest absolute Gasteiger partial charge is 0.535 e. The van der Waals surface area contributed by atoms with E-state index in [4.69, 9.17) is 5.11 Å². The van der Waals surface area contributed by atoms with Gasteiger partial charge in [-0.3, -0.25) is 4.79 Å². The second-order valence-electron chi connectivity index (χ2n) is 2.57. The lowest BCUT2D eigenvalue weighted by atomic mass is 9.87. The summed E-state index contributed by atoms with van der Waals surface area (Å²) in [5, 5.41) is 8.65. The molecule has 0 aromatic heterocycles. The average Bonchev–Trinajstić information content (AvgIpc) is 2.17. The van der Waals surface area contributed by atoms with E-state index in [1.165, 1.54) is 7.48 Å². The zero-order valence-corrected chi connectivity index (χ0v) is 7.14. The van der Waals surface area contributed by atoms with Crippen LogP contribution in [-0.4, -0.2) is 25.7 Å². The van der Waals surface area contributed by atoms with Crippen LogP contribution in [0.2, 0.25) is 0 Å². The molecule has 1 rings (SSSR count).